The van der Waals surface area contributed by atoms with Crippen LogP contribution in [-0.2, 0) is 0 Å². The van der Waals surface area contributed by atoms with Crippen molar-refractivity contribution in [2.24, 2.45) is 0 Å². The van der Waals surface area contributed by atoms with Gasteiger partial charge in [0.25, 0.3) is 0 Å². The summed E-state index contributed by atoms with van der Waals surface area (Å²) in [6, 6.07) is 11.0. The van der Waals surface area contributed by atoms with Gasteiger partial charge in [-0.05, 0) is 70.2 Å². The molecule has 0 aliphatic heterocycles. The molecule has 1 aromatic carbocycles. The summed E-state index contributed by atoms with van der Waals surface area (Å²) in [5, 5.41) is 9.79. The highest BCUT2D eigenvalue weighted by atomic mass is 32.2. The third-order valence-corrected chi connectivity index (χ3v) is 6.81. The Hall–Kier alpha value is -2.34. The molecule has 6 heteroatoms. The third kappa shape index (κ3) is 3.54. The summed E-state index contributed by atoms with van der Waals surface area (Å²) in [6.07, 6.45) is 4.85. The molecule has 0 N–H and O–H groups in total. The molecule has 5 rings (SSSR count). The Balaban J connectivity index is 1.36. The SMILES string of the molecule is Cc1cccc(-n2c(C)cc(C(=O)CSc3nnc(C4CC4)n3C3CC3)c2C)c1. The zero-order valence-corrected chi connectivity index (χ0v) is 18.0. The molecule has 5 nitrogen and oxygen atoms in total. The average Bonchev–Trinajstić information content (AvgIpc) is 3.62. The van der Waals surface area contributed by atoms with Crippen LogP contribution in [0.25, 0.3) is 5.69 Å². The van der Waals surface area contributed by atoms with Crippen LogP contribution in [0.15, 0.2) is 35.5 Å². The summed E-state index contributed by atoms with van der Waals surface area (Å²) in [5.74, 6) is 2.27. The van der Waals surface area contributed by atoms with Crippen molar-refractivity contribution in [3.05, 3.63) is 58.7 Å². The van der Waals surface area contributed by atoms with Gasteiger partial charge in [0.05, 0.1) is 5.75 Å². The number of carbonyl (C=O) groups excluding carboxylic acids is 1. The van der Waals surface area contributed by atoms with Crippen molar-refractivity contribution >= 4 is 17.5 Å². The quantitative estimate of drug-likeness (QED) is 0.401. The van der Waals surface area contributed by atoms with Crippen molar-refractivity contribution in [3.8, 4) is 5.69 Å². The van der Waals surface area contributed by atoms with E-state index in [1.807, 2.05) is 13.0 Å². The van der Waals surface area contributed by atoms with Crippen molar-refractivity contribution in [1.82, 2.24) is 19.3 Å². The number of rotatable bonds is 7. The van der Waals surface area contributed by atoms with Gasteiger partial charge < -0.3 is 9.13 Å². The molecule has 0 atom stereocenters. The maximum Gasteiger partial charge on any atom is 0.191 e. The van der Waals surface area contributed by atoms with Crippen LogP contribution in [0.5, 0.6) is 0 Å². The third-order valence-electron chi connectivity index (χ3n) is 5.87. The van der Waals surface area contributed by atoms with Crippen LogP contribution in [0.3, 0.4) is 0 Å². The van der Waals surface area contributed by atoms with Crippen molar-refractivity contribution < 1.29 is 4.79 Å². The van der Waals surface area contributed by atoms with E-state index in [1.54, 1.807) is 0 Å². The number of thioether (sulfide) groups is 1. The first-order chi connectivity index (χ1) is 14.0. The molecule has 29 heavy (non-hydrogen) atoms. The molecule has 2 aromatic heterocycles. The van der Waals surface area contributed by atoms with E-state index >= 15 is 0 Å². The number of nitrogens with zero attached hydrogens (tertiary/aromatic N) is 4. The van der Waals surface area contributed by atoms with E-state index in [0.717, 1.165) is 33.6 Å². The van der Waals surface area contributed by atoms with Gasteiger partial charge in [-0.15, -0.1) is 10.2 Å². The first-order valence-electron chi connectivity index (χ1n) is 10.4. The smallest absolute Gasteiger partial charge is 0.191 e. The second-order valence-corrected chi connectivity index (χ2v) is 9.33. The van der Waals surface area contributed by atoms with Gasteiger partial charge in [-0.1, -0.05) is 23.9 Å². The lowest BCUT2D eigenvalue weighted by Crippen LogP contribution is -2.07. The van der Waals surface area contributed by atoms with Crippen LogP contribution < -0.4 is 0 Å². The average molecular weight is 407 g/mol. The predicted molar refractivity (Wildman–Crippen MR) is 115 cm³/mol. The zero-order chi connectivity index (χ0) is 20.1. The predicted octanol–water partition coefficient (Wildman–Crippen LogP) is 5.18. The molecule has 0 spiro atoms. The van der Waals surface area contributed by atoms with E-state index < -0.39 is 0 Å². The van der Waals surface area contributed by atoms with Crippen LogP contribution in [0.4, 0.5) is 0 Å². The number of aryl methyl sites for hydroxylation is 2. The van der Waals surface area contributed by atoms with Crippen molar-refractivity contribution in [3.63, 3.8) is 0 Å². The Bertz CT molecular complexity index is 1090. The number of Topliss-reactive ketones (excluding diaryl/α,β-unsaturated/α-hetero) is 1. The molecule has 2 heterocycles. The van der Waals surface area contributed by atoms with Crippen LogP contribution in [-0.4, -0.2) is 30.9 Å². The van der Waals surface area contributed by atoms with Gasteiger partial charge in [0, 0.05) is 34.6 Å². The number of ketones is 1. The van der Waals surface area contributed by atoms with Crippen molar-refractivity contribution in [1.29, 1.82) is 0 Å². The molecule has 0 amide bonds. The van der Waals surface area contributed by atoms with E-state index in [2.05, 4.69) is 57.4 Å². The molecule has 0 radical (unpaired) electrons. The van der Waals surface area contributed by atoms with Gasteiger partial charge in [-0.3, -0.25) is 4.79 Å². The lowest BCUT2D eigenvalue weighted by molar-refractivity contribution is 0.102. The first kappa shape index (κ1) is 18.7. The van der Waals surface area contributed by atoms with Crippen molar-refractivity contribution in [2.75, 3.05) is 5.75 Å². The Labute approximate surface area is 175 Å². The first-order valence-corrected chi connectivity index (χ1v) is 11.4. The molecule has 2 fully saturated rings. The van der Waals surface area contributed by atoms with Gasteiger partial charge in [0.2, 0.25) is 0 Å². The van der Waals surface area contributed by atoms with Crippen LogP contribution >= 0.6 is 11.8 Å². The Morgan fingerprint density at radius 1 is 1.10 bits per heavy atom. The molecule has 0 unspecified atom stereocenters. The topological polar surface area (TPSA) is 52.7 Å². The molecular formula is C23H26N4OS. The van der Waals surface area contributed by atoms with E-state index in [0.29, 0.717) is 17.7 Å². The van der Waals surface area contributed by atoms with Gasteiger partial charge in [-0.25, -0.2) is 0 Å². The minimum atomic E-state index is 0.153. The highest BCUT2D eigenvalue weighted by molar-refractivity contribution is 7.99. The second-order valence-electron chi connectivity index (χ2n) is 8.39. The van der Waals surface area contributed by atoms with E-state index in [4.69, 9.17) is 0 Å². The molecule has 3 aromatic rings. The van der Waals surface area contributed by atoms with Crippen LogP contribution in [0.1, 0.15) is 70.8 Å². The molecule has 0 saturated heterocycles. The van der Waals surface area contributed by atoms with E-state index in [9.17, 15) is 4.79 Å². The standard InChI is InChI=1S/C23H26N4OS/c1-14-5-4-6-19(11-14)26-15(2)12-20(16(26)3)21(28)13-29-23-25-24-22(17-7-8-17)27(23)18-9-10-18/h4-6,11-12,17-18H,7-10,13H2,1-3H3. The zero-order valence-electron chi connectivity index (χ0n) is 17.2. The van der Waals surface area contributed by atoms with Crippen molar-refractivity contribution in [2.45, 2.75) is 63.6 Å². The lowest BCUT2D eigenvalue weighted by Gasteiger charge is -2.11. The molecule has 2 aliphatic carbocycles. The summed E-state index contributed by atoms with van der Waals surface area (Å²) in [5.41, 5.74) is 5.20. The molecular weight excluding hydrogens is 380 g/mol. The molecule has 0 bridgehead atoms. The number of benzene rings is 1. The summed E-state index contributed by atoms with van der Waals surface area (Å²) in [7, 11) is 0. The van der Waals surface area contributed by atoms with Crippen LogP contribution in [0.2, 0.25) is 0 Å². The Morgan fingerprint density at radius 2 is 1.90 bits per heavy atom. The van der Waals surface area contributed by atoms with E-state index in [1.165, 1.54) is 43.0 Å². The molecule has 2 saturated carbocycles. The number of aromatic nitrogens is 4. The van der Waals surface area contributed by atoms with Crippen LogP contribution in [0, 0.1) is 20.8 Å². The summed E-state index contributed by atoms with van der Waals surface area (Å²) in [6.45, 7) is 6.18. The Morgan fingerprint density at radius 3 is 2.59 bits per heavy atom. The normalized spacial score (nSPS) is 16.4. The fourth-order valence-corrected chi connectivity index (χ4v) is 5.00. The van der Waals surface area contributed by atoms with Gasteiger partial charge in [0.1, 0.15) is 5.82 Å². The number of hydrogen-bond donors (Lipinski definition) is 0. The fourth-order valence-electron chi connectivity index (χ4n) is 4.10. The molecule has 150 valence electrons. The highest BCUT2D eigenvalue weighted by Crippen LogP contribution is 2.46. The minimum absolute atomic E-state index is 0.153. The second kappa shape index (κ2) is 7.17. The molecule has 2 aliphatic rings. The lowest BCUT2D eigenvalue weighted by atomic mass is 10.2. The van der Waals surface area contributed by atoms with Gasteiger partial charge in [-0.2, -0.15) is 0 Å². The maximum atomic E-state index is 13.1. The van der Waals surface area contributed by atoms with Gasteiger partial charge in [0.15, 0.2) is 10.9 Å². The monoisotopic (exact) mass is 406 g/mol. The maximum absolute atomic E-state index is 13.1. The highest BCUT2D eigenvalue weighted by Gasteiger charge is 2.36. The summed E-state index contributed by atoms with van der Waals surface area (Å²) in [4.78, 5) is 13.1. The fraction of sp³-hybridized carbons (Fsp3) is 0.435. The Kier molecular flexibility index (Phi) is 4.62. The number of carbonyl (C=O) groups is 1. The summed E-state index contributed by atoms with van der Waals surface area (Å²) >= 11 is 1.54. The minimum Gasteiger partial charge on any atom is -0.318 e. The summed E-state index contributed by atoms with van der Waals surface area (Å²) < 4.78 is 4.48. The van der Waals surface area contributed by atoms with Gasteiger partial charge >= 0.3 is 0 Å². The van der Waals surface area contributed by atoms with E-state index in [-0.39, 0.29) is 5.78 Å². The number of hydrogen-bond acceptors (Lipinski definition) is 4. The largest absolute Gasteiger partial charge is 0.318 e.